The van der Waals surface area contributed by atoms with E-state index in [1.165, 1.54) is 0 Å². The van der Waals surface area contributed by atoms with Crippen LogP contribution in [0.15, 0.2) is 20.8 Å². The Morgan fingerprint density at radius 3 is 1.39 bits per heavy atom. The molecule has 0 aliphatic rings. The number of rotatable bonds is 3. The first kappa shape index (κ1) is 31.2. The van der Waals surface area contributed by atoms with E-state index >= 15 is 0 Å². The molecule has 0 amide bonds. The van der Waals surface area contributed by atoms with Crippen molar-refractivity contribution in [2.45, 2.75) is 14.7 Å². The van der Waals surface area contributed by atoms with Crippen molar-refractivity contribution in [2.24, 2.45) is 0 Å². The molecule has 17 heteroatoms. The quantitative estimate of drug-likeness (QED) is 0.316. The fourth-order valence-corrected chi connectivity index (χ4v) is 3.72. The van der Waals surface area contributed by atoms with E-state index in [0.717, 1.165) is 0 Å². The first-order chi connectivity index (χ1) is 8.67. The van der Waals surface area contributed by atoms with Crippen LogP contribution >= 0.6 is 0 Å². The van der Waals surface area contributed by atoms with E-state index in [4.69, 9.17) is 9.11 Å². The van der Waals surface area contributed by atoms with E-state index < -0.39 is 56.5 Å². The van der Waals surface area contributed by atoms with Crippen molar-refractivity contribution in [1.29, 1.82) is 0 Å². The summed E-state index contributed by atoms with van der Waals surface area (Å²) >= 11 is 0. The Kier molecular flexibility index (Phi) is 14.7. The molecule has 23 heavy (non-hydrogen) atoms. The van der Waals surface area contributed by atoms with Crippen molar-refractivity contribution in [3.05, 3.63) is 6.07 Å². The van der Waals surface area contributed by atoms with Gasteiger partial charge in [0.2, 0.25) is 0 Å². The monoisotopic (exact) mass is 464 g/mol. The van der Waals surface area contributed by atoms with Crippen molar-refractivity contribution in [2.75, 3.05) is 0 Å². The van der Waals surface area contributed by atoms with Gasteiger partial charge >= 0.3 is 154 Å². The molecule has 0 heterocycles. The summed E-state index contributed by atoms with van der Waals surface area (Å²) in [7, 11) is -16.7. The summed E-state index contributed by atoms with van der Waals surface area (Å²) in [6.07, 6.45) is 0. The van der Waals surface area contributed by atoms with Crippen molar-refractivity contribution in [1.82, 2.24) is 0 Å². The van der Waals surface area contributed by atoms with Gasteiger partial charge in [0.1, 0.15) is 19.9 Å². The van der Waals surface area contributed by atoms with Crippen LogP contribution in [0.25, 0.3) is 0 Å². The Bertz CT molecular complexity index is 887. The number of benzene rings is 1. The van der Waals surface area contributed by atoms with Crippen molar-refractivity contribution in [3.63, 3.8) is 0 Å². The largest absolute Gasteiger partial charge is 1.00 e. The molecule has 0 aromatic heterocycles. The maximum Gasteiger partial charge on any atom is 1.00 e. The van der Waals surface area contributed by atoms with Crippen molar-refractivity contribution in [3.8, 4) is 11.5 Å². The van der Waals surface area contributed by atoms with Gasteiger partial charge in [-0.05, 0) is 6.07 Å². The van der Waals surface area contributed by atoms with Gasteiger partial charge < -0.3 is 14.8 Å². The smallest absolute Gasteiger partial charge is 0.872 e. The van der Waals surface area contributed by atoms with E-state index in [2.05, 4.69) is 0 Å². The summed E-state index contributed by atoms with van der Waals surface area (Å²) in [5, 5.41) is 22.5. The molecule has 0 aliphatic carbocycles. The Morgan fingerprint density at radius 2 is 1.13 bits per heavy atom. The molecule has 11 nitrogen and oxygen atoms in total. The number of hydrogen-bond donors (Lipinski definition) is 2. The topological polar surface area (TPSA) is 212 Å². The van der Waals surface area contributed by atoms with Gasteiger partial charge in [-0.15, -0.1) is 0 Å². The molecule has 0 saturated carbocycles. The van der Waals surface area contributed by atoms with E-state index in [1.807, 2.05) is 0 Å². The minimum Gasteiger partial charge on any atom is -0.872 e. The van der Waals surface area contributed by atoms with Crippen LogP contribution in [0.1, 0.15) is 0 Å². The zero-order valence-corrected chi connectivity index (χ0v) is 23.7. The predicted octanol–water partition coefficient (Wildman–Crippen LogP) is -11.8. The van der Waals surface area contributed by atoms with E-state index in [0.29, 0.717) is 0 Å². The van der Waals surface area contributed by atoms with Crippen molar-refractivity contribution >= 4 is 30.4 Å². The van der Waals surface area contributed by atoms with Crippen LogP contribution in [0, 0.1) is 0 Å². The molecular formula is C6H3K3O11S3. The zero-order chi connectivity index (χ0) is 16.1. The second kappa shape index (κ2) is 10.9. The third-order valence-corrected chi connectivity index (χ3v) is 4.70. The van der Waals surface area contributed by atoms with Gasteiger partial charge in [-0.3, -0.25) is 9.11 Å². The minimum absolute atomic E-state index is 0. The fraction of sp³-hybridized carbons (Fsp3) is 0. The van der Waals surface area contributed by atoms with Gasteiger partial charge in [0.05, 0.1) is 0 Å². The average Bonchev–Trinajstić information content (AvgIpc) is 2.15. The van der Waals surface area contributed by atoms with Crippen LogP contribution in [0.5, 0.6) is 11.5 Å². The molecule has 0 aliphatic heterocycles. The van der Waals surface area contributed by atoms with Gasteiger partial charge in [0.25, 0.3) is 20.2 Å². The summed E-state index contributed by atoms with van der Waals surface area (Å²) in [4.78, 5) is -5.81. The molecule has 1 aromatic carbocycles. The molecule has 0 bridgehead atoms. The van der Waals surface area contributed by atoms with Crippen LogP contribution < -0.4 is 164 Å². The number of hydrogen-bond acceptors (Lipinski definition) is 9. The second-order valence-electron chi connectivity index (χ2n) is 3.26. The third kappa shape index (κ3) is 8.15. The van der Waals surface area contributed by atoms with Crippen molar-refractivity contribution < 1.29 is 203 Å². The maximum absolute atomic E-state index is 11.3. The molecule has 0 spiro atoms. The summed E-state index contributed by atoms with van der Waals surface area (Å²) < 4.78 is 92.8. The van der Waals surface area contributed by atoms with Gasteiger partial charge in [0, 0.05) is 4.90 Å². The van der Waals surface area contributed by atoms with Gasteiger partial charge in [-0.2, -0.15) is 16.8 Å². The Balaban J connectivity index is -0.00000133. The average molecular weight is 465 g/mol. The van der Waals surface area contributed by atoms with Crippen LogP contribution in [0.3, 0.4) is 0 Å². The summed E-state index contributed by atoms with van der Waals surface area (Å²) in [6, 6.07) is -0.315. The molecule has 0 radical (unpaired) electrons. The third-order valence-electron chi connectivity index (χ3n) is 1.93. The molecule has 1 aromatic rings. The van der Waals surface area contributed by atoms with Gasteiger partial charge in [0.15, 0.2) is 0 Å². The second-order valence-corrected chi connectivity index (χ2v) is 7.36. The summed E-state index contributed by atoms with van der Waals surface area (Å²) in [6.45, 7) is 0. The first-order valence-electron chi connectivity index (χ1n) is 4.13. The SMILES string of the molecule is O=S(=O)([O-])c1cc(S(=O)(=O)O)c(S(=O)(=O)O)c([O-])c1[O-].[K+].[K+].[K+]. The molecule has 1 rings (SSSR count). The predicted molar refractivity (Wildman–Crippen MR) is 52.9 cm³/mol. The Hall–Kier alpha value is 3.46. The molecule has 2 N–H and O–H groups in total. The standard InChI is InChI=1S/C6H6O11S3.3K/c7-4-2(18(9,10)11)1-3(19(12,13)14)6(5(4)8)20(15,16)17;;;/h1,7-8H,(H,9,10,11)(H,12,13,14)(H,15,16,17);;;/q;3*+1/p-3. The molecule has 114 valence electrons. The van der Waals surface area contributed by atoms with Crippen LogP contribution in [-0.2, 0) is 30.4 Å². The molecule has 0 atom stereocenters. The Morgan fingerprint density at radius 1 is 0.739 bits per heavy atom. The summed E-state index contributed by atoms with van der Waals surface area (Å²) in [5.74, 6) is -4.43. The summed E-state index contributed by atoms with van der Waals surface area (Å²) in [5.41, 5.74) is 0. The minimum atomic E-state index is -5.62. The first-order valence-corrected chi connectivity index (χ1v) is 8.42. The fourth-order valence-electron chi connectivity index (χ4n) is 1.20. The zero-order valence-electron chi connectivity index (χ0n) is 11.9. The normalized spacial score (nSPS) is 11.6. The van der Waals surface area contributed by atoms with Gasteiger partial charge in [-0.1, -0.05) is 11.5 Å². The van der Waals surface area contributed by atoms with E-state index in [1.54, 1.807) is 0 Å². The molecular weight excluding hydrogens is 462 g/mol. The van der Waals surface area contributed by atoms with E-state index in [-0.39, 0.29) is 160 Å². The molecule has 0 saturated heterocycles. The molecule has 0 unspecified atom stereocenters. The molecule has 0 fully saturated rings. The maximum atomic E-state index is 11.3. The Labute approximate surface area is 259 Å². The van der Waals surface area contributed by atoms with E-state index in [9.17, 15) is 40.0 Å². The van der Waals surface area contributed by atoms with Gasteiger partial charge in [-0.25, -0.2) is 8.42 Å². The van der Waals surface area contributed by atoms with Crippen LogP contribution in [0.4, 0.5) is 0 Å². The van der Waals surface area contributed by atoms with Crippen LogP contribution in [-0.4, -0.2) is 38.9 Å². The van der Waals surface area contributed by atoms with Crippen LogP contribution in [0.2, 0.25) is 0 Å².